The van der Waals surface area contributed by atoms with Gasteiger partial charge in [0, 0.05) is 16.5 Å². The molecular formula is C19H20N2O2S. The smallest absolute Gasteiger partial charge is 0.167 e. The number of fused-ring (bicyclic) bond motifs is 1. The first kappa shape index (κ1) is 16.6. The molecule has 0 saturated carbocycles. The van der Waals surface area contributed by atoms with Crippen LogP contribution >= 0.6 is 0 Å². The van der Waals surface area contributed by atoms with E-state index in [0.29, 0.717) is 0 Å². The molecule has 3 rings (SSSR count). The Balaban J connectivity index is 2.12. The Morgan fingerprint density at radius 2 is 1.75 bits per heavy atom. The Bertz CT molecular complexity index is 936. The summed E-state index contributed by atoms with van der Waals surface area (Å²) in [5.41, 5.74) is 4.09. The highest BCUT2D eigenvalue weighted by atomic mass is 32.2. The number of benzene rings is 2. The van der Waals surface area contributed by atoms with Crippen LogP contribution in [0.4, 0.5) is 0 Å². The van der Waals surface area contributed by atoms with E-state index in [9.17, 15) is 4.21 Å². The maximum absolute atomic E-state index is 12.3. The Labute approximate surface area is 144 Å². The number of aromatic nitrogens is 1. The average Bonchev–Trinajstić information content (AvgIpc) is 2.97. The molecule has 0 N–H and O–H groups in total. The van der Waals surface area contributed by atoms with Gasteiger partial charge in [0.15, 0.2) is 5.58 Å². The van der Waals surface area contributed by atoms with E-state index in [0.717, 1.165) is 33.5 Å². The molecule has 0 fully saturated rings. The number of para-hydroxylation sites is 1. The van der Waals surface area contributed by atoms with E-state index in [1.807, 2.05) is 76.2 Å². The SMILES string of the molecule is CC(=N[S@@](=O)C(C)(C)C)c1ccccc1-c1noc2ccccc12. The largest absolute Gasteiger partial charge is 0.356 e. The zero-order valence-electron chi connectivity index (χ0n) is 14.2. The van der Waals surface area contributed by atoms with Gasteiger partial charge >= 0.3 is 0 Å². The molecule has 5 heteroatoms. The Morgan fingerprint density at radius 3 is 2.50 bits per heavy atom. The molecule has 124 valence electrons. The zero-order chi connectivity index (χ0) is 17.3. The van der Waals surface area contributed by atoms with Crippen molar-refractivity contribution in [2.24, 2.45) is 4.40 Å². The normalized spacial score (nSPS) is 14.1. The van der Waals surface area contributed by atoms with E-state index < -0.39 is 15.7 Å². The second-order valence-electron chi connectivity index (χ2n) is 6.61. The first-order valence-electron chi connectivity index (χ1n) is 7.79. The molecular weight excluding hydrogens is 320 g/mol. The van der Waals surface area contributed by atoms with Crippen LogP contribution in [-0.2, 0) is 11.0 Å². The van der Waals surface area contributed by atoms with E-state index in [2.05, 4.69) is 9.55 Å². The number of hydrogen-bond acceptors (Lipinski definition) is 3. The van der Waals surface area contributed by atoms with Crippen molar-refractivity contribution in [3.63, 3.8) is 0 Å². The molecule has 0 unspecified atom stereocenters. The van der Waals surface area contributed by atoms with Gasteiger partial charge in [0.05, 0.1) is 10.5 Å². The van der Waals surface area contributed by atoms with E-state index in [1.54, 1.807) is 0 Å². The van der Waals surface area contributed by atoms with Gasteiger partial charge in [0.25, 0.3) is 0 Å². The predicted molar refractivity (Wildman–Crippen MR) is 99.6 cm³/mol. The molecule has 1 heterocycles. The fourth-order valence-corrected chi connectivity index (χ4v) is 3.02. The Morgan fingerprint density at radius 1 is 1.08 bits per heavy atom. The van der Waals surface area contributed by atoms with E-state index in [1.165, 1.54) is 0 Å². The van der Waals surface area contributed by atoms with Crippen molar-refractivity contribution in [3.05, 3.63) is 54.1 Å². The molecule has 0 bridgehead atoms. The monoisotopic (exact) mass is 340 g/mol. The molecule has 0 aliphatic rings. The molecule has 0 aliphatic heterocycles. The molecule has 0 radical (unpaired) electrons. The van der Waals surface area contributed by atoms with E-state index >= 15 is 0 Å². The van der Waals surface area contributed by atoms with Crippen molar-refractivity contribution in [2.45, 2.75) is 32.4 Å². The minimum absolute atomic E-state index is 0.392. The van der Waals surface area contributed by atoms with Crippen molar-refractivity contribution in [1.29, 1.82) is 0 Å². The summed E-state index contributed by atoms with van der Waals surface area (Å²) in [5.74, 6) is 0. The van der Waals surface area contributed by atoms with Crippen LogP contribution < -0.4 is 0 Å². The third-order valence-electron chi connectivity index (χ3n) is 3.69. The predicted octanol–water partition coefficient (Wildman–Crippen LogP) is 4.77. The molecule has 0 spiro atoms. The standard InChI is InChI=1S/C19H20N2O2S/c1-13(21-24(22)19(2,3)4)14-9-5-6-10-15(14)18-16-11-7-8-12-17(16)23-20-18/h5-12H,1-4H3/t24-/m0/s1. The van der Waals surface area contributed by atoms with E-state index in [-0.39, 0.29) is 0 Å². The second kappa shape index (κ2) is 6.32. The van der Waals surface area contributed by atoms with Crippen LogP contribution in [0, 0.1) is 0 Å². The summed E-state index contributed by atoms with van der Waals surface area (Å²) in [6, 6.07) is 15.6. The highest BCUT2D eigenvalue weighted by Gasteiger charge is 2.20. The Kier molecular flexibility index (Phi) is 4.37. The van der Waals surface area contributed by atoms with Crippen LogP contribution in [0.15, 0.2) is 57.5 Å². The summed E-state index contributed by atoms with van der Waals surface area (Å²) in [5, 5.41) is 5.18. The average molecular weight is 340 g/mol. The molecule has 0 saturated heterocycles. The maximum Gasteiger partial charge on any atom is 0.167 e. The molecule has 3 aromatic rings. The van der Waals surface area contributed by atoms with Crippen LogP contribution in [-0.4, -0.2) is 19.8 Å². The van der Waals surface area contributed by atoms with Crippen LogP contribution in [0.2, 0.25) is 0 Å². The fourth-order valence-electron chi connectivity index (χ4n) is 2.40. The lowest BCUT2D eigenvalue weighted by Gasteiger charge is -2.15. The van der Waals surface area contributed by atoms with Crippen LogP contribution in [0.1, 0.15) is 33.3 Å². The maximum atomic E-state index is 12.3. The van der Waals surface area contributed by atoms with Gasteiger partial charge in [-0.25, -0.2) is 4.21 Å². The molecule has 0 amide bonds. The first-order valence-corrected chi connectivity index (χ1v) is 8.90. The highest BCUT2D eigenvalue weighted by Crippen LogP contribution is 2.30. The van der Waals surface area contributed by atoms with Crippen LogP contribution in [0.5, 0.6) is 0 Å². The van der Waals surface area contributed by atoms with Crippen molar-refractivity contribution < 1.29 is 8.73 Å². The fraction of sp³-hybridized carbons (Fsp3) is 0.263. The summed E-state index contributed by atoms with van der Waals surface area (Å²) in [6.07, 6.45) is 0. The topological polar surface area (TPSA) is 55.5 Å². The van der Waals surface area contributed by atoms with Gasteiger partial charge in [-0.1, -0.05) is 41.6 Å². The first-order chi connectivity index (χ1) is 11.4. The van der Waals surface area contributed by atoms with Gasteiger partial charge < -0.3 is 4.52 Å². The van der Waals surface area contributed by atoms with Crippen LogP contribution in [0.25, 0.3) is 22.2 Å². The number of rotatable bonds is 3. The van der Waals surface area contributed by atoms with Gasteiger partial charge in [-0.2, -0.15) is 4.40 Å². The molecule has 1 aromatic heterocycles. The van der Waals surface area contributed by atoms with Gasteiger partial charge in [0.1, 0.15) is 16.7 Å². The summed E-state index contributed by atoms with van der Waals surface area (Å²) in [4.78, 5) is 0. The molecule has 4 nitrogen and oxygen atoms in total. The van der Waals surface area contributed by atoms with Crippen molar-refractivity contribution in [2.75, 3.05) is 0 Å². The second-order valence-corrected chi connectivity index (χ2v) is 8.52. The number of nitrogens with zero attached hydrogens (tertiary/aromatic N) is 2. The quantitative estimate of drug-likeness (QED) is 0.646. The lowest BCUT2D eigenvalue weighted by Crippen LogP contribution is -2.20. The minimum Gasteiger partial charge on any atom is -0.356 e. The van der Waals surface area contributed by atoms with Crippen molar-refractivity contribution in [1.82, 2.24) is 5.16 Å². The van der Waals surface area contributed by atoms with Gasteiger partial charge in [-0.15, -0.1) is 0 Å². The molecule has 0 aliphatic carbocycles. The third kappa shape index (κ3) is 3.17. The summed E-state index contributed by atoms with van der Waals surface area (Å²) < 4.78 is 21.8. The Hall–Kier alpha value is -2.27. The molecule has 1 atom stereocenters. The third-order valence-corrected chi connectivity index (χ3v) is 5.18. The number of hydrogen-bond donors (Lipinski definition) is 0. The van der Waals surface area contributed by atoms with E-state index in [4.69, 9.17) is 4.52 Å². The van der Waals surface area contributed by atoms with Gasteiger partial charge in [-0.3, -0.25) is 0 Å². The minimum atomic E-state index is -1.31. The zero-order valence-corrected chi connectivity index (χ0v) is 15.1. The summed E-state index contributed by atoms with van der Waals surface area (Å²) in [7, 11) is -1.31. The highest BCUT2D eigenvalue weighted by molar-refractivity contribution is 7.85. The van der Waals surface area contributed by atoms with Crippen molar-refractivity contribution >= 4 is 27.7 Å². The van der Waals surface area contributed by atoms with Crippen molar-refractivity contribution in [3.8, 4) is 11.3 Å². The molecule has 2 aromatic carbocycles. The summed E-state index contributed by atoms with van der Waals surface area (Å²) in [6.45, 7) is 7.62. The lowest BCUT2D eigenvalue weighted by molar-refractivity contribution is 0.459. The molecule has 24 heavy (non-hydrogen) atoms. The van der Waals surface area contributed by atoms with Gasteiger partial charge in [0.2, 0.25) is 0 Å². The summed E-state index contributed by atoms with van der Waals surface area (Å²) >= 11 is 0. The lowest BCUT2D eigenvalue weighted by atomic mass is 9.99. The van der Waals surface area contributed by atoms with Gasteiger partial charge in [-0.05, 0) is 39.8 Å². The van der Waals surface area contributed by atoms with Crippen LogP contribution in [0.3, 0.4) is 0 Å².